The number of nitro benzene ring substituents is 1. The van der Waals surface area contributed by atoms with Crippen LogP contribution in [-0.4, -0.2) is 47.8 Å². The molecule has 9 nitrogen and oxygen atoms in total. The van der Waals surface area contributed by atoms with E-state index < -0.39 is 4.92 Å². The maximum Gasteiger partial charge on any atom is 0.280 e. The number of piperazine rings is 1. The molecule has 36 heavy (non-hydrogen) atoms. The normalized spacial score (nSPS) is 13.7. The molecule has 2 amide bonds. The Hall–Kier alpha value is -4.40. The van der Waals surface area contributed by atoms with E-state index in [4.69, 9.17) is 4.42 Å². The molecule has 3 aromatic rings. The number of rotatable bonds is 7. The number of nitrogens with one attached hydrogen (secondary N) is 1. The van der Waals surface area contributed by atoms with Crippen molar-refractivity contribution in [2.24, 2.45) is 0 Å². The van der Waals surface area contributed by atoms with Crippen molar-refractivity contribution in [2.75, 3.05) is 36.4 Å². The van der Waals surface area contributed by atoms with Gasteiger partial charge in [0.15, 0.2) is 0 Å². The summed E-state index contributed by atoms with van der Waals surface area (Å²) in [7, 11) is 0. The van der Waals surface area contributed by atoms with Gasteiger partial charge in [0.05, 0.1) is 10.5 Å². The third-order valence-corrected chi connectivity index (χ3v) is 6.08. The minimum absolute atomic E-state index is 0.0302. The number of aryl methyl sites for hydroxylation is 1. The van der Waals surface area contributed by atoms with Crippen LogP contribution in [0.4, 0.5) is 17.1 Å². The van der Waals surface area contributed by atoms with Gasteiger partial charge in [0, 0.05) is 56.1 Å². The summed E-state index contributed by atoms with van der Waals surface area (Å²) < 4.78 is 5.71. The largest absolute Gasteiger partial charge is 0.456 e. The first-order valence-electron chi connectivity index (χ1n) is 11.8. The number of hydrogen-bond acceptors (Lipinski definition) is 6. The van der Waals surface area contributed by atoms with E-state index in [-0.39, 0.29) is 17.5 Å². The third kappa shape index (κ3) is 5.80. The van der Waals surface area contributed by atoms with Gasteiger partial charge in [-0.05, 0) is 61.0 Å². The minimum Gasteiger partial charge on any atom is -0.456 e. The molecule has 0 bridgehead atoms. The predicted octanol–water partition coefficient (Wildman–Crippen LogP) is 4.87. The van der Waals surface area contributed by atoms with Crippen molar-refractivity contribution in [3.8, 4) is 11.3 Å². The summed E-state index contributed by atoms with van der Waals surface area (Å²) in [4.78, 5) is 39.3. The van der Waals surface area contributed by atoms with Crippen LogP contribution >= 0.6 is 0 Å². The van der Waals surface area contributed by atoms with E-state index in [0.29, 0.717) is 42.3 Å². The van der Waals surface area contributed by atoms with Gasteiger partial charge in [-0.2, -0.15) is 0 Å². The van der Waals surface area contributed by atoms with Gasteiger partial charge < -0.3 is 19.5 Å². The lowest BCUT2D eigenvalue weighted by molar-refractivity contribution is -0.384. The Labute approximate surface area is 209 Å². The summed E-state index contributed by atoms with van der Waals surface area (Å²) in [6.07, 6.45) is 3.40. The van der Waals surface area contributed by atoms with Crippen molar-refractivity contribution in [1.29, 1.82) is 0 Å². The fraction of sp³-hybridized carbons (Fsp3) is 0.259. The number of nitrogens with zero attached hydrogens (tertiary/aromatic N) is 3. The standard InChI is InChI=1S/C27H28N4O5/c1-3-27(33)30-16-14-29(15-17-30)21-7-5-20(6-8-21)28-26(32)13-10-22-9-12-25(36-22)23-11-4-19(2)18-24(23)31(34)35/h4-13,18H,3,14-17H2,1-2H3,(H,28,32)/b13-10+. The number of benzene rings is 2. The number of carbonyl (C=O) groups excluding carboxylic acids is 2. The van der Waals surface area contributed by atoms with Crippen molar-refractivity contribution in [1.82, 2.24) is 4.90 Å². The molecule has 1 saturated heterocycles. The molecule has 0 saturated carbocycles. The molecule has 9 heteroatoms. The van der Waals surface area contributed by atoms with Gasteiger partial charge in [0.25, 0.3) is 5.69 Å². The zero-order valence-electron chi connectivity index (χ0n) is 20.3. The highest BCUT2D eigenvalue weighted by Gasteiger charge is 2.20. The Morgan fingerprint density at radius 2 is 1.78 bits per heavy atom. The van der Waals surface area contributed by atoms with E-state index >= 15 is 0 Å². The first-order chi connectivity index (χ1) is 17.3. The summed E-state index contributed by atoms with van der Waals surface area (Å²) in [5.74, 6) is 0.625. The first-order valence-corrected chi connectivity index (χ1v) is 11.8. The molecule has 0 spiro atoms. The predicted molar refractivity (Wildman–Crippen MR) is 139 cm³/mol. The molecular formula is C27H28N4O5. The number of furan rings is 1. The Morgan fingerprint density at radius 3 is 2.44 bits per heavy atom. The fourth-order valence-corrected chi connectivity index (χ4v) is 4.12. The van der Waals surface area contributed by atoms with E-state index in [1.54, 1.807) is 31.2 Å². The van der Waals surface area contributed by atoms with Crippen LogP contribution in [0.2, 0.25) is 0 Å². The molecule has 1 N–H and O–H groups in total. The molecule has 0 radical (unpaired) electrons. The molecule has 2 aromatic carbocycles. The lowest BCUT2D eigenvalue weighted by Gasteiger charge is -2.36. The number of hydrogen-bond donors (Lipinski definition) is 1. The van der Waals surface area contributed by atoms with Crippen LogP contribution in [0.1, 0.15) is 24.7 Å². The Kier molecular flexibility index (Phi) is 7.48. The second-order valence-corrected chi connectivity index (χ2v) is 8.57. The van der Waals surface area contributed by atoms with Crippen molar-refractivity contribution in [3.05, 3.63) is 82.1 Å². The van der Waals surface area contributed by atoms with Crippen LogP contribution in [0, 0.1) is 17.0 Å². The average molecular weight is 489 g/mol. The zero-order valence-corrected chi connectivity index (χ0v) is 20.3. The minimum atomic E-state index is -0.438. The number of nitro groups is 1. The highest BCUT2D eigenvalue weighted by molar-refractivity contribution is 6.01. The van der Waals surface area contributed by atoms with E-state index in [1.807, 2.05) is 36.1 Å². The average Bonchev–Trinajstić information content (AvgIpc) is 3.36. The Bertz CT molecular complexity index is 1290. The van der Waals surface area contributed by atoms with Crippen molar-refractivity contribution in [2.45, 2.75) is 20.3 Å². The number of carbonyl (C=O) groups is 2. The number of amides is 2. The van der Waals surface area contributed by atoms with Crippen LogP contribution in [-0.2, 0) is 9.59 Å². The van der Waals surface area contributed by atoms with Gasteiger partial charge in [-0.3, -0.25) is 19.7 Å². The quantitative estimate of drug-likeness (QED) is 0.289. The summed E-state index contributed by atoms with van der Waals surface area (Å²) >= 11 is 0. The zero-order chi connectivity index (χ0) is 25.7. The highest BCUT2D eigenvalue weighted by Crippen LogP contribution is 2.32. The highest BCUT2D eigenvalue weighted by atomic mass is 16.6. The van der Waals surface area contributed by atoms with Gasteiger partial charge in [-0.1, -0.05) is 13.0 Å². The van der Waals surface area contributed by atoms with Crippen LogP contribution < -0.4 is 10.2 Å². The number of anilines is 2. The fourth-order valence-electron chi connectivity index (χ4n) is 4.12. The van der Waals surface area contributed by atoms with E-state index in [2.05, 4.69) is 10.2 Å². The molecule has 1 aliphatic rings. The second kappa shape index (κ2) is 10.9. The molecule has 2 heterocycles. The molecule has 186 valence electrons. The van der Waals surface area contributed by atoms with Gasteiger partial charge in [-0.15, -0.1) is 0 Å². The molecular weight excluding hydrogens is 460 g/mol. The van der Waals surface area contributed by atoms with E-state index in [9.17, 15) is 19.7 Å². The van der Waals surface area contributed by atoms with Crippen LogP contribution in [0.25, 0.3) is 17.4 Å². The van der Waals surface area contributed by atoms with Crippen LogP contribution in [0.15, 0.2) is 65.1 Å². The summed E-state index contributed by atoms with van der Waals surface area (Å²) in [5, 5.41) is 14.2. The summed E-state index contributed by atoms with van der Waals surface area (Å²) in [5.41, 5.74) is 2.84. The summed E-state index contributed by atoms with van der Waals surface area (Å²) in [6.45, 7) is 6.64. The SMILES string of the molecule is CCC(=O)N1CCN(c2ccc(NC(=O)/C=C/c3ccc(-c4ccc(C)cc4[N+](=O)[O-])o3)cc2)CC1. The van der Waals surface area contributed by atoms with Crippen LogP contribution in [0.5, 0.6) is 0 Å². The molecule has 0 unspecified atom stereocenters. The van der Waals surface area contributed by atoms with Gasteiger partial charge >= 0.3 is 0 Å². The van der Waals surface area contributed by atoms with E-state index in [0.717, 1.165) is 24.3 Å². The van der Waals surface area contributed by atoms with Crippen molar-refractivity contribution >= 4 is 35.0 Å². The second-order valence-electron chi connectivity index (χ2n) is 8.57. The van der Waals surface area contributed by atoms with Gasteiger partial charge in [0.2, 0.25) is 11.8 Å². The lowest BCUT2D eigenvalue weighted by Crippen LogP contribution is -2.48. The van der Waals surface area contributed by atoms with E-state index in [1.165, 1.54) is 18.2 Å². The van der Waals surface area contributed by atoms with Crippen molar-refractivity contribution < 1.29 is 18.9 Å². The molecule has 1 aliphatic heterocycles. The summed E-state index contributed by atoms with van der Waals surface area (Å²) in [6, 6.07) is 15.8. The molecule has 0 aliphatic carbocycles. The van der Waals surface area contributed by atoms with Gasteiger partial charge in [-0.25, -0.2) is 0 Å². The first kappa shape index (κ1) is 24.7. The topological polar surface area (TPSA) is 109 Å². The maximum atomic E-state index is 12.4. The molecule has 0 atom stereocenters. The van der Waals surface area contributed by atoms with Crippen molar-refractivity contribution in [3.63, 3.8) is 0 Å². The Morgan fingerprint density at radius 1 is 1.06 bits per heavy atom. The lowest BCUT2D eigenvalue weighted by atomic mass is 10.1. The third-order valence-electron chi connectivity index (χ3n) is 6.08. The molecule has 4 rings (SSSR count). The monoisotopic (exact) mass is 488 g/mol. The molecule has 1 aromatic heterocycles. The maximum absolute atomic E-state index is 12.4. The smallest absolute Gasteiger partial charge is 0.280 e. The molecule has 1 fully saturated rings. The van der Waals surface area contributed by atoms with Crippen LogP contribution in [0.3, 0.4) is 0 Å². The van der Waals surface area contributed by atoms with Gasteiger partial charge in [0.1, 0.15) is 11.5 Å². The Balaban J connectivity index is 1.34.